The van der Waals surface area contributed by atoms with E-state index in [1.165, 1.54) is 0 Å². The van der Waals surface area contributed by atoms with E-state index in [2.05, 4.69) is 4.98 Å². The third-order valence-electron chi connectivity index (χ3n) is 2.45. The molecule has 1 aromatic carbocycles. The van der Waals surface area contributed by atoms with Crippen molar-refractivity contribution >= 4 is 5.69 Å². The fourth-order valence-corrected chi connectivity index (χ4v) is 1.50. The van der Waals surface area contributed by atoms with Crippen molar-refractivity contribution in [2.75, 3.05) is 5.73 Å². The summed E-state index contributed by atoms with van der Waals surface area (Å²) in [6.07, 6.45) is 1.70. The van der Waals surface area contributed by atoms with Gasteiger partial charge in [0.25, 0.3) is 0 Å². The van der Waals surface area contributed by atoms with Crippen molar-refractivity contribution in [2.24, 2.45) is 0 Å². The second-order valence-corrected chi connectivity index (χ2v) is 3.60. The molecule has 3 heteroatoms. The zero-order chi connectivity index (χ0) is 11.4. The molecule has 2 N–H and O–H groups in total. The minimum Gasteiger partial charge on any atom is -0.473 e. The number of anilines is 1. The molecule has 0 bridgehead atoms. The van der Waals surface area contributed by atoms with Crippen molar-refractivity contribution < 1.29 is 4.74 Å². The number of hydrogen-bond acceptors (Lipinski definition) is 3. The van der Waals surface area contributed by atoms with Crippen LogP contribution in [0.5, 0.6) is 5.88 Å². The lowest BCUT2D eigenvalue weighted by molar-refractivity contribution is 0.294. The summed E-state index contributed by atoms with van der Waals surface area (Å²) in [5.41, 5.74) is 8.80. The van der Waals surface area contributed by atoms with Crippen LogP contribution in [0.15, 0.2) is 42.6 Å². The molecule has 1 heterocycles. The lowest BCUT2D eigenvalue weighted by Crippen LogP contribution is -2.03. The molecule has 0 fully saturated rings. The summed E-state index contributed by atoms with van der Waals surface area (Å²) in [5.74, 6) is 0.616. The summed E-state index contributed by atoms with van der Waals surface area (Å²) in [6, 6.07) is 11.4. The highest BCUT2D eigenvalue weighted by molar-refractivity contribution is 5.50. The first-order valence-electron chi connectivity index (χ1n) is 5.15. The average molecular weight is 214 g/mol. The van der Waals surface area contributed by atoms with Gasteiger partial charge >= 0.3 is 0 Å². The van der Waals surface area contributed by atoms with Gasteiger partial charge in [-0.05, 0) is 24.6 Å². The molecule has 16 heavy (non-hydrogen) atoms. The van der Waals surface area contributed by atoms with Gasteiger partial charge in [0.2, 0.25) is 5.88 Å². The summed E-state index contributed by atoms with van der Waals surface area (Å²) in [7, 11) is 0. The van der Waals surface area contributed by atoms with E-state index in [4.69, 9.17) is 10.5 Å². The Kier molecular flexibility index (Phi) is 3.05. The van der Waals surface area contributed by atoms with E-state index < -0.39 is 0 Å². The maximum Gasteiger partial charge on any atom is 0.213 e. The van der Waals surface area contributed by atoms with Crippen LogP contribution in [0, 0.1) is 6.92 Å². The van der Waals surface area contributed by atoms with Gasteiger partial charge in [-0.25, -0.2) is 4.98 Å². The number of aryl methyl sites for hydroxylation is 1. The zero-order valence-electron chi connectivity index (χ0n) is 9.18. The number of pyridine rings is 1. The third-order valence-corrected chi connectivity index (χ3v) is 2.45. The molecule has 0 amide bonds. The molecule has 0 saturated heterocycles. The average Bonchev–Trinajstić information content (AvgIpc) is 2.30. The van der Waals surface area contributed by atoms with Crippen LogP contribution in [0.3, 0.4) is 0 Å². The molecule has 0 aliphatic carbocycles. The molecule has 2 rings (SSSR count). The number of rotatable bonds is 3. The van der Waals surface area contributed by atoms with Crippen LogP contribution < -0.4 is 10.5 Å². The van der Waals surface area contributed by atoms with Crippen molar-refractivity contribution in [1.82, 2.24) is 4.98 Å². The van der Waals surface area contributed by atoms with Gasteiger partial charge in [-0.3, -0.25) is 0 Å². The zero-order valence-corrected chi connectivity index (χ0v) is 9.18. The maximum absolute atomic E-state index is 5.89. The molecular formula is C13H14N2O. The molecule has 0 saturated carbocycles. The summed E-state index contributed by atoms with van der Waals surface area (Å²) in [5, 5.41) is 0. The van der Waals surface area contributed by atoms with E-state index in [-0.39, 0.29) is 0 Å². The second-order valence-electron chi connectivity index (χ2n) is 3.60. The van der Waals surface area contributed by atoms with Crippen molar-refractivity contribution in [3.8, 4) is 5.88 Å². The van der Waals surface area contributed by atoms with Gasteiger partial charge in [0.1, 0.15) is 6.61 Å². The van der Waals surface area contributed by atoms with Crippen LogP contribution in [-0.2, 0) is 6.61 Å². The summed E-state index contributed by atoms with van der Waals surface area (Å²) in [4.78, 5) is 4.09. The monoisotopic (exact) mass is 214 g/mol. The first-order chi connectivity index (χ1) is 7.77. The number of aromatic nitrogens is 1. The lowest BCUT2D eigenvalue weighted by Gasteiger charge is -2.10. The van der Waals surface area contributed by atoms with Gasteiger partial charge in [0.05, 0.1) is 0 Å². The summed E-state index contributed by atoms with van der Waals surface area (Å²) >= 11 is 0. The molecule has 0 aliphatic heterocycles. The van der Waals surface area contributed by atoms with Gasteiger partial charge in [0, 0.05) is 23.5 Å². The van der Waals surface area contributed by atoms with Gasteiger partial charge in [-0.2, -0.15) is 0 Å². The topological polar surface area (TPSA) is 48.1 Å². The van der Waals surface area contributed by atoms with E-state index >= 15 is 0 Å². The van der Waals surface area contributed by atoms with Crippen LogP contribution in [0.2, 0.25) is 0 Å². The Hall–Kier alpha value is -2.03. The van der Waals surface area contributed by atoms with Crippen LogP contribution in [-0.4, -0.2) is 4.98 Å². The van der Waals surface area contributed by atoms with Crippen molar-refractivity contribution in [3.05, 3.63) is 53.7 Å². The Morgan fingerprint density at radius 2 is 2.06 bits per heavy atom. The predicted molar refractivity (Wildman–Crippen MR) is 64.2 cm³/mol. The predicted octanol–water partition coefficient (Wildman–Crippen LogP) is 2.55. The van der Waals surface area contributed by atoms with Crippen molar-refractivity contribution in [1.29, 1.82) is 0 Å². The molecule has 0 aliphatic rings. The Bertz CT molecular complexity index is 448. The minimum absolute atomic E-state index is 0.454. The first kappa shape index (κ1) is 10.5. The van der Waals surface area contributed by atoms with E-state index in [1.807, 2.05) is 43.3 Å². The van der Waals surface area contributed by atoms with E-state index in [9.17, 15) is 0 Å². The lowest BCUT2D eigenvalue weighted by atomic mass is 10.1. The number of hydrogen-bond donors (Lipinski definition) is 1. The Morgan fingerprint density at radius 3 is 2.75 bits per heavy atom. The standard InChI is InChI=1S/C13H14N2O/c1-10-5-4-6-12(14)11(10)9-16-13-7-2-3-8-15-13/h2-8H,9,14H2,1H3. The molecule has 3 nitrogen and oxygen atoms in total. The number of nitrogens with zero attached hydrogens (tertiary/aromatic N) is 1. The third kappa shape index (κ3) is 2.31. The van der Waals surface area contributed by atoms with Gasteiger partial charge < -0.3 is 10.5 Å². The SMILES string of the molecule is Cc1cccc(N)c1COc1ccccn1. The number of ether oxygens (including phenoxy) is 1. The highest BCUT2D eigenvalue weighted by atomic mass is 16.5. The van der Waals surface area contributed by atoms with Crippen molar-refractivity contribution in [3.63, 3.8) is 0 Å². The number of nitrogens with two attached hydrogens (primary N) is 1. The molecule has 0 spiro atoms. The van der Waals surface area contributed by atoms with Crippen LogP contribution in [0.1, 0.15) is 11.1 Å². The van der Waals surface area contributed by atoms with Gasteiger partial charge in [0.15, 0.2) is 0 Å². The van der Waals surface area contributed by atoms with E-state index in [1.54, 1.807) is 6.20 Å². The molecule has 0 radical (unpaired) electrons. The normalized spacial score (nSPS) is 10.1. The highest BCUT2D eigenvalue weighted by Gasteiger charge is 2.03. The quantitative estimate of drug-likeness (QED) is 0.799. The summed E-state index contributed by atoms with van der Waals surface area (Å²) in [6.45, 7) is 2.48. The van der Waals surface area contributed by atoms with Crippen molar-refractivity contribution in [2.45, 2.75) is 13.5 Å². The minimum atomic E-state index is 0.454. The van der Waals surface area contributed by atoms with Gasteiger partial charge in [-0.15, -0.1) is 0 Å². The Balaban J connectivity index is 2.11. The smallest absolute Gasteiger partial charge is 0.213 e. The fourth-order valence-electron chi connectivity index (χ4n) is 1.50. The van der Waals surface area contributed by atoms with Crippen LogP contribution >= 0.6 is 0 Å². The fraction of sp³-hybridized carbons (Fsp3) is 0.154. The Labute approximate surface area is 94.9 Å². The van der Waals surface area contributed by atoms with E-state index in [0.29, 0.717) is 12.5 Å². The first-order valence-corrected chi connectivity index (χ1v) is 5.15. The molecule has 0 atom stereocenters. The Morgan fingerprint density at radius 1 is 1.19 bits per heavy atom. The number of nitrogen functional groups attached to an aromatic ring is 1. The maximum atomic E-state index is 5.89. The van der Waals surface area contributed by atoms with Gasteiger partial charge in [-0.1, -0.05) is 18.2 Å². The van der Waals surface area contributed by atoms with Crippen LogP contribution in [0.4, 0.5) is 5.69 Å². The molecule has 2 aromatic rings. The molecular weight excluding hydrogens is 200 g/mol. The highest BCUT2D eigenvalue weighted by Crippen LogP contribution is 2.18. The number of benzene rings is 1. The molecule has 1 aromatic heterocycles. The van der Waals surface area contributed by atoms with Crippen LogP contribution in [0.25, 0.3) is 0 Å². The second kappa shape index (κ2) is 4.66. The summed E-state index contributed by atoms with van der Waals surface area (Å²) < 4.78 is 5.56. The van der Waals surface area contributed by atoms with E-state index in [0.717, 1.165) is 16.8 Å². The largest absolute Gasteiger partial charge is 0.473 e. The molecule has 82 valence electrons. The molecule has 0 unspecified atom stereocenters.